The Balaban J connectivity index is 1.97. The molecule has 0 saturated carbocycles. The Kier molecular flexibility index (Phi) is 2.69. The Morgan fingerprint density at radius 2 is 1.59 bits per heavy atom. The average molecular weight is 223 g/mol. The fraction of sp³-hybridized carbons (Fsp3) is 0.250. The zero-order chi connectivity index (χ0) is 11.7. The van der Waals surface area contributed by atoms with Crippen LogP contribution in [0, 0.1) is 0 Å². The lowest BCUT2D eigenvalue weighted by Crippen LogP contribution is -2.25. The Hall–Kier alpha value is -1.60. The fourth-order valence-electron chi connectivity index (χ4n) is 2.87. The summed E-state index contributed by atoms with van der Waals surface area (Å²) in [6, 6.07) is 19.4. The Labute approximate surface area is 102 Å². The van der Waals surface area contributed by atoms with Crippen molar-refractivity contribution in [3.05, 3.63) is 71.3 Å². The van der Waals surface area contributed by atoms with Crippen LogP contribution in [0.3, 0.4) is 0 Å². The van der Waals surface area contributed by atoms with E-state index in [1.54, 1.807) is 0 Å². The fourth-order valence-corrected chi connectivity index (χ4v) is 2.87. The molecule has 0 aliphatic heterocycles. The first-order valence-electron chi connectivity index (χ1n) is 6.24. The molecule has 2 aromatic carbocycles. The number of aryl methyl sites for hydroxylation is 1. The lowest BCUT2D eigenvalue weighted by atomic mass is 9.77. The number of fused-ring (bicyclic) bond motifs is 1. The first kappa shape index (κ1) is 10.5. The Morgan fingerprint density at radius 3 is 2.41 bits per heavy atom. The van der Waals surface area contributed by atoms with Gasteiger partial charge in [0.2, 0.25) is 0 Å². The lowest BCUT2D eigenvalue weighted by molar-refractivity contribution is 0.486. The molecule has 3 rings (SSSR count). The minimum atomic E-state index is 0.141. The van der Waals surface area contributed by atoms with E-state index >= 15 is 0 Å². The molecule has 0 bridgehead atoms. The minimum Gasteiger partial charge on any atom is -0.323 e. The van der Waals surface area contributed by atoms with Crippen LogP contribution in [0.25, 0.3) is 0 Å². The van der Waals surface area contributed by atoms with Crippen molar-refractivity contribution in [2.45, 2.75) is 24.8 Å². The summed E-state index contributed by atoms with van der Waals surface area (Å²) in [6.45, 7) is 0. The molecule has 0 amide bonds. The van der Waals surface area contributed by atoms with Crippen molar-refractivity contribution in [2.24, 2.45) is 5.73 Å². The van der Waals surface area contributed by atoms with E-state index in [-0.39, 0.29) is 6.04 Å². The summed E-state index contributed by atoms with van der Waals surface area (Å²) in [6.07, 6.45) is 2.30. The van der Waals surface area contributed by atoms with Crippen molar-refractivity contribution in [2.75, 3.05) is 0 Å². The van der Waals surface area contributed by atoms with E-state index in [0.717, 1.165) is 12.8 Å². The zero-order valence-electron chi connectivity index (χ0n) is 9.84. The van der Waals surface area contributed by atoms with Crippen molar-refractivity contribution < 1.29 is 0 Å². The van der Waals surface area contributed by atoms with Crippen molar-refractivity contribution in [3.8, 4) is 0 Å². The third-order valence-corrected chi connectivity index (χ3v) is 3.80. The van der Waals surface area contributed by atoms with E-state index < -0.39 is 0 Å². The number of nitrogens with two attached hydrogens (primary N) is 1. The second-order valence-electron chi connectivity index (χ2n) is 4.78. The van der Waals surface area contributed by atoms with E-state index in [2.05, 4.69) is 54.6 Å². The van der Waals surface area contributed by atoms with Crippen LogP contribution in [0.5, 0.6) is 0 Å². The van der Waals surface area contributed by atoms with Gasteiger partial charge in [0, 0.05) is 12.0 Å². The standard InChI is InChI=1S/C16H17N/c17-16-14-9-5-4-8-13(14)10-11-15(16)12-6-2-1-3-7-12/h1-9,15-16H,10-11,17H2/t15-,16?/m1/s1. The topological polar surface area (TPSA) is 26.0 Å². The maximum absolute atomic E-state index is 6.42. The summed E-state index contributed by atoms with van der Waals surface area (Å²) in [4.78, 5) is 0. The van der Waals surface area contributed by atoms with Gasteiger partial charge in [-0.05, 0) is 29.5 Å². The van der Waals surface area contributed by atoms with E-state index in [1.807, 2.05) is 0 Å². The summed E-state index contributed by atoms with van der Waals surface area (Å²) < 4.78 is 0. The van der Waals surface area contributed by atoms with Gasteiger partial charge in [-0.3, -0.25) is 0 Å². The summed E-state index contributed by atoms with van der Waals surface area (Å²) in [7, 11) is 0. The molecule has 0 fully saturated rings. The van der Waals surface area contributed by atoms with E-state index in [1.165, 1.54) is 16.7 Å². The van der Waals surface area contributed by atoms with Gasteiger partial charge in [-0.15, -0.1) is 0 Å². The summed E-state index contributed by atoms with van der Waals surface area (Å²) in [5.74, 6) is 0.464. The molecule has 1 aliphatic rings. The summed E-state index contributed by atoms with van der Waals surface area (Å²) in [5.41, 5.74) is 10.5. The highest BCUT2D eigenvalue weighted by Crippen LogP contribution is 2.38. The number of rotatable bonds is 1. The van der Waals surface area contributed by atoms with Crippen LogP contribution < -0.4 is 5.73 Å². The molecule has 0 heterocycles. The predicted molar refractivity (Wildman–Crippen MR) is 70.9 cm³/mol. The average Bonchev–Trinajstić information content (AvgIpc) is 2.40. The van der Waals surface area contributed by atoms with Crippen LogP contribution in [0.4, 0.5) is 0 Å². The molecule has 1 nitrogen and oxygen atoms in total. The highest BCUT2D eigenvalue weighted by molar-refractivity contribution is 5.37. The third-order valence-electron chi connectivity index (χ3n) is 3.80. The van der Waals surface area contributed by atoms with Crippen molar-refractivity contribution >= 4 is 0 Å². The Bertz CT molecular complexity index is 504. The minimum absolute atomic E-state index is 0.141. The van der Waals surface area contributed by atoms with Crippen molar-refractivity contribution in [1.82, 2.24) is 0 Å². The van der Waals surface area contributed by atoms with Gasteiger partial charge in [-0.1, -0.05) is 54.6 Å². The van der Waals surface area contributed by atoms with Crippen LogP contribution in [-0.4, -0.2) is 0 Å². The molecule has 1 aliphatic carbocycles. The predicted octanol–water partition coefficient (Wildman–Crippen LogP) is 3.42. The van der Waals surface area contributed by atoms with Gasteiger partial charge in [0.25, 0.3) is 0 Å². The van der Waals surface area contributed by atoms with Gasteiger partial charge in [-0.2, -0.15) is 0 Å². The third kappa shape index (κ3) is 1.87. The molecule has 86 valence electrons. The van der Waals surface area contributed by atoms with Gasteiger partial charge in [0.05, 0.1) is 0 Å². The van der Waals surface area contributed by atoms with Gasteiger partial charge in [0.15, 0.2) is 0 Å². The molecule has 2 aromatic rings. The molecule has 0 saturated heterocycles. The van der Waals surface area contributed by atoms with Crippen LogP contribution in [-0.2, 0) is 6.42 Å². The molecular weight excluding hydrogens is 206 g/mol. The quantitative estimate of drug-likeness (QED) is 0.787. The molecule has 17 heavy (non-hydrogen) atoms. The molecule has 1 unspecified atom stereocenters. The lowest BCUT2D eigenvalue weighted by Gasteiger charge is -2.31. The normalized spacial score (nSPS) is 23.1. The van der Waals surface area contributed by atoms with Crippen LogP contribution in [0.15, 0.2) is 54.6 Å². The molecule has 0 aromatic heterocycles. The van der Waals surface area contributed by atoms with Gasteiger partial charge >= 0.3 is 0 Å². The smallest absolute Gasteiger partial charge is 0.0367 e. The van der Waals surface area contributed by atoms with Crippen molar-refractivity contribution in [1.29, 1.82) is 0 Å². The maximum atomic E-state index is 6.42. The van der Waals surface area contributed by atoms with Gasteiger partial charge in [0.1, 0.15) is 0 Å². The molecule has 2 atom stereocenters. The monoisotopic (exact) mass is 223 g/mol. The van der Waals surface area contributed by atoms with E-state index in [9.17, 15) is 0 Å². The Morgan fingerprint density at radius 1 is 0.882 bits per heavy atom. The highest BCUT2D eigenvalue weighted by Gasteiger charge is 2.27. The first-order chi connectivity index (χ1) is 8.36. The molecule has 0 radical (unpaired) electrons. The second-order valence-corrected chi connectivity index (χ2v) is 4.78. The summed E-state index contributed by atoms with van der Waals surface area (Å²) in [5, 5.41) is 0. The van der Waals surface area contributed by atoms with Crippen LogP contribution in [0.1, 0.15) is 35.1 Å². The van der Waals surface area contributed by atoms with E-state index in [0.29, 0.717) is 5.92 Å². The first-order valence-corrected chi connectivity index (χ1v) is 6.24. The van der Waals surface area contributed by atoms with Crippen LogP contribution in [0.2, 0.25) is 0 Å². The second kappa shape index (κ2) is 4.34. The maximum Gasteiger partial charge on any atom is 0.0367 e. The number of benzene rings is 2. The molecular formula is C16H17N. The largest absolute Gasteiger partial charge is 0.323 e. The molecule has 1 heteroatoms. The zero-order valence-corrected chi connectivity index (χ0v) is 9.84. The van der Waals surface area contributed by atoms with Gasteiger partial charge < -0.3 is 5.73 Å². The number of hydrogen-bond acceptors (Lipinski definition) is 1. The van der Waals surface area contributed by atoms with Gasteiger partial charge in [-0.25, -0.2) is 0 Å². The number of hydrogen-bond donors (Lipinski definition) is 1. The highest BCUT2D eigenvalue weighted by atomic mass is 14.7. The summed E-state index contributed by atoms with van der Waals surface area (Å²) >= 11 is 0. The van der Waals surface area contributed by atoms with E-state index in [4.69, 9.17) is 5.73 Å². The molecule has 0 spiro atoms. The SMILES string of the molecule is NC1c2ccccc2CC[C@@H]1c1ccccc1. The van der Waals surface area contributed by atoms with Crippen LogP contribution >= 0.6 is 0 Å². The van der Waals surface area contributed by atoms with Crippen molar-refractivity contribution in [3.63, 3.8) is 0 Å². The molecule has 2 N–H and O–H groups in total.